The van der Waals surface area contributed by atoms with Gasteiger partial charge in [-0.05, 0) is 6.08 Å². The summed E-state index contributed by atoms with van der Waals surface area (Å²) in [5.41, 5.74) is 4.05. The lowest BCUT2D eigenvalue weighted by Crippen LogP contribution is -2.46. The van der Waals surface area contributed by atoms with Crippen molar-refractivity contribution in [3.05, 3.63) is 24.3 Å². The van der Waals surface area contributed by atoms with Gasteiger partial charge in [0.25, 0.3) is 0 Å². The van der Waals surface area contributed by atoms with Crippen molar-refractivity contribution < 1.29 is 110 Å². The van der Waals surface area contributed by atoms with E-state index in [1.54, 1.807) is 0 Å². The maximum atomic E-state index is 12.7. The second-order valence-electron chi connectivity index (χ2n) is 14.2. The van der Waals surface area contributed by atoms with E-state index in [1.807, 2.05) is 0 Å². The van der Waals surface area contributed by atoms with Crippen LogP contribution < -0.4 is 16.4 Å². The third-order valence-electron chi connectivity index (χ3n) is 8.78. The number of thioether (sulfide) groups is 1. The lowest BCUT2D eigenvalue weighted by molar-refractivity contribution is -0.137. The van der Waals surface area contributed by atoms with E-state index in [4.69, 9.17) is 29.3 Å². The van der Waals surface area contributed by atoms with Crippen LogP contribution in [0.25, 0.3) is 11.2 Å². The summed E-state index contributed by atoms with van der Waals surface area (Å²) in [5.74, 6) is -1.73. The van der Waals surface area contributed by atoms with Gasteiger partial charge in [0.05, 0.1) is 25.6 Å². The topological polar surface area (TPSA) is 471 Å². The van der Waals surface area contributed by atoms with Gasteiger partial charge in [-0.25, -0.2) is 33.2 Å². The predicted molar refractivity (Wildman–Crippen MR) is 209 cm³/mol. The van der Waals surface area contributed by atoms with E-state index in [0.29, 0.717) is 11.8 Å². The highest BCUT2D eigenvalue weighted by molar-refractivity contribution is 8.14. The molecule has 35 heteroatoms. The van der Waals surface area contributed by atoms with Crippen molar-refractivity contribution in [2.45, 2.75) is 75.6 Å². The minimum absolute atomic E-state index is 0.00506. The number of anilines is 1. The Bertz CT molecular complexity index is 2210. The van der Waals surface area contributed by atoms with E-state index >= 15 is 0 Å². The molecule has 4 rings (SSSR count). The van der Waals surface area contributed by atoms with E-state index in [-0.39, 0.29) is 54.2 Å². The fourth-order valence-electron chi connectivity index (χ4n) is 5.70. The monoisotopic (exact) mass is 1000 g/mol. The summed E-state index contributed by atoms with van der Waals surface area (Å²) >= 11 is 0.689. The van der Waals surface area contributed by atoms with Crippen molar-refractivity contribution in [2.24, 2.45) is 5.41 Å². The third-order valence-corrected chi connectivity index (χ3v) is 13.3. The Kier molecular flexibility index (Phi) is 17.9. The third kappa shape index (κ3) is 15.5. The molecule has 0 radical (unpaired) electrons. The van der Waals surface area contributed by atoms with Gasteiger partial charge in [0.15, 0.2) is 17.7 Å². The number of hydrogen-bond donors (Lipinski definition) is 13. The summed E-state index contributed by atoms with van der Waals surface area (Å²) in [7, 11) is -21.6. The molecular formula is C28H45N7O23P4S. The summed E-state index contributed by atoms with van der Waals surface area (Å²) in [6.45, 7) is -0.124. The van der Waals surface area contributed by atoms with Crippen molar-refractivity contribution in [3.8, 4) is 0 Å². The predicted octanol–water partition coefficient (Wildman–Crippen LogP) is -2.81. The minimum atomic E-state index is -5.63. The zero-order chi connectivity index (χ0) is 47.3. The van der Waals surface area contributed by atoms with Crippen molar-refractivity contribution in [2.75, 3.05) is 37.8 Å². The minimum Gasteiger partial charge on any atom is -0.390 e. The number of amides is 2. The quantitative estimate of drug-likeness (QED) is 0.0418. The van der Waals surface area contributed by atoms with Crippen LogP contribution in [-0.4, -0.2) is 161 Å². The van der Waals surface area contributed by atoms with Crippen LogP contribution >= 0.6 is 43.1 Å². The molecule has 30 nitrogen and oxygen atoms in total. The summed E-state index contributed by atoms with van der Waals surface area (Å²) in [6, 6.07) is 0. The summed E-state index contributed by atoms with van der Waals surface area (Å²) in [5, 5.41) is 45.5. The van der Waals surface area contributed by atoms with Crippen LogP contribution in [0.15, 0.2) is 24.3 Å². The molecule has 63 heavy (non-hydrogen) atoms. The standard InChI is InChI=1S/C28H45N7O23P4S/c1-28(2,22(40)25(41)31-4-3-17(37)30-5-6-63-27(42)13-7-14(36)19(38)15(8-13)56-59(43,44)45)10-54-62(51,52)58-61(49,50)53-9-16-21(57-60(46,47)48)20(39)26(55-16)35-12-34-18-23(29)32-11-33-24(18)35/h8,11-12,14-16,19-22,26,36,38-40H,3-7,9-10H2,1-2H3,(H,30,37)(H,31,41)(H,49,50)(H,51,52)(H2,29,32,33)(H2,43,44,45)(H2,46,47,48). The van der Waals surface area contributed by atoms with Crippen LogP contribution in [0, 0.1) is 5.41 Å². The summed E-state index contributed by atoms with van der Waals surface area (Å²) < 4.78 is 77.6. The average Bonchev–Trinajstić information content (AvgIpc) is 3.72. The molecule has 0 spiro atoms. The molecule has 1 saturated heterocycles. The Labute approximate surface area is 359 Å². The van der Waals surface area contributed by atoms with Gasteiger partial charge in [-0.15, -0.1) is 0 Å². The number of rotatable bonds is 22. The first-order valence-corrected chi connectivity index (χ1v) is 24.9. The van der Waals surface area contributed by atoms with Crippen LogP contribution in [-0.2, 0) is 59.8 Å². The van der Waals surface area contributed by atoms with Gasteiger partial charge in [-0.3, -0.25) is 37.0 Å². The first-order valence-electron chi connectivity index (χ1n) is 17.9. The molecule has 2 amide bonds. The second-order valence-corrected chi connectivity index (χ2v) is 20.7. The van der Waals surface area contributed by atoms with Gasteiger partial charge >= 0.3 is 31.3 Å². The smallest absolute Gasteiger partial charge is 0.390 e. The zero-order valence-electron chi connectivity index (χ0n) is 32.6. The van der Waals surface area contributed by atoms with Crippen molar-refractivity contribution in [1.82, 2.24) is 30.2 Å². The number of nitrogens with two attached hydrogens (primary N) is 1. The SMILES string of the molecule is CC(C)(COP(=O)(O)OP(=O)(O)OCC1OC(n2cnc3c(N)ncnc32)C(O)C1OP(=O)(O)O)C(O)C(=O)NCCC(=O)NCCSC(=O)C1=CC(OP(=O)(O)O)C(O)C(O)C1. The molecule has 356 valence electrons. The zero-order valence-corrected chi connectivity index (χ0v) is 37.0. The fourth-order valence-corrected chi connectivity index (χ4v) is 9.76. The van der Waals surface area contributed by atoms with Crippen LogP contribution in [0.2, 0.25) is 0 Å². The lowest BCUT2D eigenvalue weighted by atomic mass is 9.87. The fraction of sp³-hybridized carbons (Fsp3) is 0.643. The van der Waals surface area contributed by atoms with Gasteiger partial charge in [-0.2, -0.15) is 4.31 Å². The number of phosphoric acid groups is 4. The molecule has 2 aromatic rings. The van der Waals surface area contributed by atoms with Crippen LogP contribution in [0.4, 0.5) is 5.82 Å². The highest BCUT2D eigenvalue weighted by Crippen LogP contribution is 2.61. The van der Waals surface area contributed by atoms with Gasteiger partial charge in [-0.1, -0.05) is 25.6 Å². The molecular weight excluding hydrogens is 958 g/mol. The number of aliphatic hydroxyl groups is 4. The number of nitrogen functional groups attached to an aromatic ring is 1. The molecule has 10 atom stereocenters. The van der Waals surface area contributed by atoms with Crippen molar-refractivity contribution in [1.29, 1.82) is 0 Å². The largest absolute Gasteiger partial charge is 0.481 e. The first kappa shape index (κ1) is 52.9. The molecule has 0 saturated carbocycles. The Hall–Kier alpha value is -2.67. The molecule has 1 aliphatic heterocycles. The maximum Gasteiger partial charge on any atom is 0.481 e. The number of fused-ring (bicyclic) bond motifs is 1. The number of phosphoric ester groups is 4. The van der Waals surface area contributed by atoms with E-state index in [2.05, 4.69) is 38.9 Å². The molecule has 2 aliphatic rings. The number of carbonyl (C=O) groups is 3. The number of ether oxygens (including phenoxy) is 1. The first-order chi connectivity index (χ1) is 29.0. The molecule has 2 aromatic heterocycles. The normalized spacial score (nSPS) is 25.8. The molecule has 1 fully saturated rings. The van der Waals surface area contributed by atoms with Gasteiger partial charge in [0.2, 0.25) is 16.9 Å². The number of hydrogen-bond acceptors (Lipinski definition) is 22. The second kappa shape index (κ2) is 21.3. The summed E-state index contributed by atoms with van der Waals surface area (Å²) in [4.78, 5) is 106. The Morgan fingerprint density at radius 1 is 0.952 bits per heavy atom. The molecule has 14 N–H and O–H groups in total. The number of nitrogens with zero attached hydrogens (tertiary/aromatic N) is 4. The number of nitrogens with one attached hydrogen (secondary N) is 2. The van der Waals surface area contributed by atoms with Crippen LogP contribution in [0.1, 0.15) is 32.9 Å². The van der Waals surface area contributed by atoms with Gasteiger partial charge in [0.1, 0.15) is 48.5 Å². The number of imidazole rings is 1. The number of aliphatic hydroxyl groups excluding tert-OH is 4. The van der Waals surface area contributed by atoms with Crippen LogP contribution in [0.5, 0.6) is 0 Å². The van der Waals surface area contributed by atoms with E-state index < -0.39 is 116 Å². The highest BCUT2D eigenvalue weighted by Gasteiger charge is 2.50. The summed E-state index contributed by atoms with van der Waals surface area (Å²) in [6.07, 6.45) is -11.6. The Morgan fingerprint density at radius 3 is 2.25 bits per heavy atom. The van der Waals surface area contributed by atoms with E-state index in [0.717, 1.165) is 23.3 Å². The maximum absolute atomic E-state index is 12.7. The highest BCUT2D eigenvalue weighted by atomic mass is 32.2. The van der Waals surface area contributed by atoms with Gasteiger partial charge in [0, 0.05) is 42.7 Å². The molecule has 3 heterocycles. The Balaban J connectivity index is 1.21. The number of carbonyl (C=O) groups excluding carboxylic acids is 3. The van der Waals surface area contributed by atoms with Crippen LogP contribution in [0.3, 0.4) is 0 Å². The molecule has 0 aromatic carbocycles. The molecule has 10 unspecified atom stereocenters. The van der Waals surface area contributed by atoms with E-state index in [9.17, 15) is 72.6 Å². The Morgan fingerprint density at radius 2 is 1.60 bits per heavy atom. The number of aromatic nitrogens is 4. The molecule has 0 bridgehead atoms. The van der Waals surface area contributed by atoms with E-state index in [1.165, 1.54) is 13.8 Å². The lowest BCUT2D eigenvalue weighted by Gasteiger charge is -2.30. The average molecular weight is 1000 g/mol. The van der Waals surface area contributed by atoms with Gasteiger partial charge < -0.3 is 70.9 Å². The van der Waals surface area contributed by atoms with Crippen molar-refractivity contribution >= 4 is 77.0 Å². The molecule has 1 aliphatic carbocycles. The van der Waals surface area contributed by atoms with Crippen molar-refractivity contribution in [3.63, 3.8) is 0 Å².